The first kappa shape index (κ1) is 15.8. The molecule has 1 aliphatic rings. The van der Waals surface area contributed by atoms with Gasteiger partial charge in [-0.3, -0.25) is 15.0 Å². The molecule has 0 bridgehead atoms. The monoisotopic (exact) mass is 311 g/mol. The van der Waals surface area contributed by atoms with Gasteiger partial charge >= 0.3 is 11.8 Å². The summed E-state index contributed by atoms with van der Waals surface area (Å²) < 4.78 is 5.36. The quantitative estimate of drug-likeness (QED) is 0.554. The molecule has 1 fully saturated rings. The van der Waals surface area contributed by atoms with E-state index in [2.05, 4.69) is 16.2 Å². The largest absolute Gasteiger partial charge is 0.376 e. The van der Waals surface area contributed by atoms with Gasteiger partial charge in [0.05, 0.1) is 6.10 Å². The van der Waals surface area contributed by atoms with Crippen molar-refractivity contribution in [1.82, 2.24) is 16.2 Å². The van der Waals surface area contributed by atoms with Gasteiger partial charge in [0, 0.05) is 24.7 Å². The van der Waals surface area contributed by atoms with Gasteiger partial charge in [0.15, 0.2) is 0 Å². The lowest BCUT2D eigenvalue weighted by Gasteiger charge is -2.11. The zero-order chi connectivity index (χ0) is 15.1. The van der Waals surface area contributed by atoms with Crippen molar-refractivity contribution in [1.29, 1.82) is 0 Å². The van der Waals surface area contributed by atoms with Gasteiger partial charge < -0.3 is 10.1 Å². The molecular weight excluding hydrogens is 294 g/mol. The van der Waals surface area contributed by atoms with Crippen LogP contribution in [0.25, 0.3) is 0 Å². The number of carbonyl (C=O) groups excluding carboxylic acids is 2. The predicted octanol–water partition coefficient (Wildman–Crippen LogP) is 0.756. The van der Waals surface area contributed by atoms with Crippen LogP contribution in [0.1, 0.15) is 18.4 Å². The minimum Gasteiger partial charge on any atom is -0.376 e. The summed E-state index contributed by atoms with van der Waals surface area (Å²) in [6, 6.07) is 7.26. The number of benzene rings is 1. The first-order valence-electron chi connectivity index (χ1n) is 6.83. The second-order valence-electron chi connectivity index (χ2n) is 4.74. The number of carbonyl (C=O) groups is 2. The van der Waals surface area contributed by atoms with Gasteiger partial charge in [-0.05, 0) is 24.5 Å². The number of ether oxygens (including phenoxy) is 1. The van der Waals surface area contributed by atoms with Crippen LogP contribution in [-0.2, 0) is 20.9 Å². The molecule has 7 heteroatoms. The van der Waals surface area contributed by atoms with Crippen LogP contribution in [0.2, 0.25) is 5.02 Å². The molecule has 114 valence electrons. The lowest BCUT2D eigenvalue weighted by atomic mass is 10.2. The fourth-order valence-corrected chi connectivity index (χ4v) is 2.21. The van der Waals surface area contributed by atoms with Crippen molar-refractivity contribution in [3.63, 3.8) is 0 Å². The van der Waals surface area contributed by atoms with Crippen molar-refractivity contribution in [2.24, 2.45) is 0 Å². The molecule has 1 atom stereocenters. The molecule has 21 heavy (non-hydrogen) atoms. The standard InChI is InChI=1S/C14H18ClN3O3/c15-12-6-2-1-4-10(12)8-17-18-14(20)13(19)16-9-11-5-3-7-21-11/h1-2,4,6,11,17H,3,5,7-9H2,(H,16,19)(H,18,20)/t11-/m0/s1. The molecule has 3 N–H and O–H groups in total. The van der Waals surface area contributed by atoms with Crippen LogP contribution in [0, 0.1) is 0 Å². The Morgan fingerprint density at radius 2 is 2.10 bits per heavy atom. The molecule has 0 saturated carbocycles. The third-order valence-electron chi connectivity index (χ3n) is 3.16. The van der Waals surface area contributed by atoms with E-state index in [1.807, 2.05) is 18.2 Å². The van der Waals surface area contributed by atoms with E-state index < -0.39 is 11.8 Å². The van der Waals surface area contributed by atoms with Gasteiger partial charge in [-0.25, -0.2) is 5.43 Å². The Kier molecular flexibility index (Phi) is 5.98. The highest BCUT2D eigenvalue weighted by Crippen LogP contribution is 2.13. The summed E-state index contributed by atoms with van der Waals surface area (Å²) in [5.74, 6) is -1.42. The molecule has 6 nitrogen and oxygen atoms in total. The van der Waals surface area contributed by atoms with Crippen LogP contribution in [0.3, 0.4) is 0 Å². The van der Waals surface area contributed by atoms with Crippen molar-refractivity contribution in [2.75, 3.05) is 13.2 Å². The molecule has 0 radical (unpaired) electrons. The van der Waals surface area contributed by atoms with Crippen molar-refractivity contribution < 1.29 is 14.3 Å². The van der Waals surface area contributed by atoms with Crippen LogP contribution in [0.4, 0.5) is 0 Å². The summed E-state index contributed by atoms with van der Waals surface area (Å²) in [5.41, 5.74) is 5.84. The number of hydrogen-bond donors (Lipinski definition) is 3. The van der Waals surface area contributed by atoms with Crippen LogP contribution < -0.4 is 16.2 Å². The van der Waals surface area contributed by atoms with Gasteiger partial charge in [-0.1, -0.05) is 29.8 Å². The molecule has 2 rings (SSSR count). The van der Waals surface area contributed by atoms with Crippen LogP contribution in [0.5, 0.6) is 0 Å². The Hall–Kier alpha value is -1.63. The van der Waals surface area contributed by atoms with E-state index in [-0.39, 0.29) is 6.10 Å². The molecule has 0 spiro atoms. The average molecular weight is 312 g/mol. The molecule has 1 saturated heterocycles. The molecule has 1 aromatic rings. The average Bonchev–Trinajstić information content (AvgIpc) is 3.00. The van der Waals surface area contributed by atoms with Gasteiger partial charge in [-0.15, -0.1) is 0 Å². The molecular formula is C14H18ClN3O3. The van der Waals surface area contributed by atoms with E-state index in [0.717, 1.165) is 18.4 Å². The van der Waals surface area contributed by atoms with Gasteiger partial charge in [0.1, 0.15) is 0 Å². The van der Waals surface area contributed by atoms with E-state index in [0.29, 0.717) is 24.7 Å². The number of halogens is 1. The highest BCUT2D eigenvalue weighted by Gasteiger charge is 2.19. The topological polar surface area (TPSA) is 79.5 Å². The van der Waals surface area contributed by atoms with Crippen LogP contribution >= 0.6 is 11.6 Å². The number of rotatable bonds is 5. The maximum atomic E-state index is 11.6. The summed E-state index contributed by atoms with van der Waals surface area (Å²) in [7, 11) is 0. The normalized spacial score (nSPS) is 17.5. The number of hydrogen-bond acceptors (Lipinski definition) is 4. The smallest absolute Gasteiger partial charge is 0.323 e. The lowest BCUT2D eigenvalue weighted by Crippen LogP contribution is -2.47. The lowest BCUT2D eigenvalue weighted by molar-refractivity contribution is -0.140. The number of nitrogens with one attached hydrogen (secondary N) is 3. The van der Waals surface area contributed by atoms with E-state index >= 15 is 0 Å². The fourth-order valence-electron chi connectivity index (χ4n) is 2.01. The van der Waals surface area contributed by atoms with E-state index in [9.17, 15) is 9.59 Å². The SMILES string of the molecule is O=C(NC[C@@H]1CCCO1)C(=O)NNCc1ccccc1Cl. The third kappa shape index (κ3) is 5.00. The van der Waals surface area contributed by atoms with Gasteiger partial charge in [0.25, 0.3) is 0 Å². The maximum absolute atomic E-state index is 11.6. The van der Waals surface area contributed by atoms with Crippen molar-refractivity contribution in [2.45, 2.75) is 25.5 Å². The van der Waals surface area contributed by atoms with Crippen molar-refractivity contribution >= 4 is 23.4 Å². The Balaban J connectivity index is 1.66. The van der Waals surface area contributed by atoms with Crippen molar-refractivity contribution in [3.8, 4) is 0 Å². The van der Waals surface area contributed by atoms with E-state index in [1.165, 1.54) is 0 Å². The predicted molar refractivity (Wildman–Crippen MR) is 78.4 cm³/mol. The molecule has 1 aliphatic heterocycles. The zero-order valence-corrected chi connectivity index (χ0v) is 12.3. The molecule has 1 heterocycles. The number of hydrazine groups is 1. The second-order valence-corrected chi connectivity index (χ2v) is 5.15. The molecule has 0 unspecified atom stereocenters. The highest BCUT2D eigenvalue weighted by molar-refractivity contribution is 6.35. The first-order chi connectivity index (χ1) is 10.2. The van der Waals surface area contributed by atoms with E-state index in [4.69, 9.17) is 16.3 Å². The summed E-state index contributed by atoms with van der Waals surface area (Å²) in [6.45, 7) is 1.41. The minimum atomic E-state index is -0.736. The Morgan fingerprint density at radius 3 is 2.81 bits per heavy atom. The molecule has 1 aromatic carbocycles. The zero-order valence-electron chi connectivity index (χ0n) is 11.5. The Labute approximate surface area is 128 Å². The second kappa shape index (κ2) is 7.97. The highest BCUT2D eigenvalue weighted by atomic mass is 35.5. The molecule has 2 amide bonds. The van der Waals surface area contributed by atoms with Crippen molar-refractivity contribution in [3.05, 3.63) is 34.9 Å². The summed E-state index contributed by atoms with van der Waals surface area (Å²) in [5, 5.41) is 3.14. The minimum absolute atomic E-state index is 0.0119. The Bertz CT molecular complexity index is 504. The summed E-state index contributed by atoms with van der Waals surface area (Å²) in [4.78, 5) is 23.1. The number of amides is 2. The van der Waals surface area contributed by atoms with Gasteiger partial charge in [0.2, 0.25) is 0 Å². The first-order valence-corrected chi connectivity index (χ1v) is 7.20. The third-order valence-corrected chi connectivity index (χ3v) is 3.53. The molecule has 0 aliphatic carbocycles. The summed E-state index contributed by atoms with van der Waals surface area (Å²) >= 11 is 5.98. The van der Waals surface area contributed by atoms with E-state index in [1.54, 1.807) is 6.07 Å². The Morgan fingerprint density at radius 1 is 1.29 bits per heavy atom. The van der Waals surface area contributed by atoms with Crippen LogP contribution in [-0.4, -0.2) is 31.1 Å². The van der Waals surface area contributed by atoms with Gasteiger partial charge in [-0.2, -0.15) is 0 Å². The summed E-state index contributed by atoms with van der Waals surface area (Å²) in [6.07, 6.45) is 1.91. The van der Waals surface area contributed by atoms with Crippen LogP contribution in [0.15, 0.2) is 24.3 Å². The maximum Gasteiger partial charge on any atom is 0.323 e. The fraction of sp³-hybridized carbons (Fsp3) is 0.429. The molecule has 0 aromatic heterocycles.